The molecule has 4 rings (SSSR count). The van der Waals surface area contributed by atoms with Crippen molar-refractivity contribution in [3.05, 3.63) is 11.4 Å². The molecule has 0 spiro atoms. The van der Waals surface area contributed by atoms with Gasteiger partial charge in [-0.15, -0.1) is 11.3 Å². The Bertz CT molecular complexity index is 586. The fourth-order valence-corrected chi connectivity index (χ4v) is 3.21. The maximum Gasteiger partial charge on any atom is 0.223 e. The van der Waals surface area contributed by atoms with E-state index >= 15 is 0 Å². The molecule has 0 radical (unpaired) electrons. The second-order valence-electron chi connectivity index (χ2n) is 5.37. The molecular formula is C13H16N4S. The maximum atomic E-state index is 5.85. The molecule has 2 aliphatic rings. The molecule has 2 aromatic rings. The van der Waals surface area contributed by atoms with Crippen LogP contribution in [0.3, 0.4) is 0 Å². The second kappa shape index (κ2) is 3.82. The molecule has 5 heteroatoms. The van der Waals surface area contributed by atoms with Crippen molar-refractivity contribution in [2.24, 2.45) is 5.92 Å². The van der Waals surface area contributed by atoms with E-state index in [4.69, 9.17) is 5.73 Å². The normalized spacial score (nSPS) is 19.3. The first-order chi connectivity index (χ1) is 8.81. The smallest absolute Gasteiger partial charge is 0.223 e. The number of thiophene rings is 1. The number of aromatic nitrogens is 2. The fraction of sp³-hybridized carbons (Fsp3) is 0.538. The number of fused-ring (bicyclic) bond motifs is 1. The minimum absolute atomic E-state index is 0.404. The van der Waals surface area contributed by atoms with Gasteiger partial charge in [0.2, 0.25) is 5.95 Å². The van der Waals surface area contributed by atoms with Crippen molar-refractivity contribution in [1.29, 1.82) is 0 Å². The summed E-state index contributed by atoms with van der Waals surface area (Å²) in [6, 6.07) is 2.81. The van der Waals surface area contributed by atoms with Gasteiger partial charge in [0.15, 0.2) is 0 Å². The Labute approximate surface area is 110 Å². The highest BCUT2D eigenvalue weighted by atomic mass is 32.1. The van der Waals surface area contributed by atoms with Gasteiger partial charge in [-0.2, -0.15) is 4.98 Å². The fourth-order valence-electron chi connectivity index (χ4n) is 2.45. The number of hydrogen-bond acceptors (Lipinski definition) is 5. The van der Waals surface area contributed by atoms with Gasteiger partial charge in [-0.1, -0.05) is 0 Å². The molecule has 0 aliphatic heterocycles. The van der Waals surface area contributed by atoms with Crippen molar-refractivity contribution >= 4 is 33.3 Å². The first kappa shape index (κ1) is 10.6. The van der Waals surface area contributed by atoms with Crippen LogP contribution in [0.2, 0.25) is 0 Å². The number of nitrogen functional groups attached to an aromatic ring is 1. The molecule has 0 aromatic carbocycles. The molecular weight excluding hydrogens is 244 g/mol. The van der Waals surface area contributed by atoms with Crippen LogP contribution >= 0.6 is 11.3 Å². The van der Waals surface area contributed by atoms with Crippen LogP contribution in [-0.2, 0) is 0 Å². The van der Waals surface area contributed by atoms with Gasteiger partial charge in [-0.3, -0.25) is 0 Å². The van der Waals surface area contributed by atoms with Gasteiger partial charge in [0, 0.05) is 12.6 Å². The molecule has 0 unspecified atom stereocenters. The zero-order valence-electron chi connectivity index (χ0n) is 10.2. The van der Waals surface area contributed by atoms with Gasteiger partial charge >= 0.3 is 0 Å². The van der Waals surface area contributed by atoms with Gasteiger partial charge in [0.25, 0.3) is 0 Å². The molecule has 2 aliphatic carbocycles. The van der Waals surface area contributed by atoms with E-state index in [2.05, 4.69) is 26.3 Å². The second-order valence-corrected chi connectivity index (χ2v) is 6.27. The van der Waals surface area contributed by atoms with Crippen LogP contribution < -0.4 is 10.6 Å². The van der Waals surface area contributed by atoms with E-state index in [1.165, 1.54) is 31.1 Å². The van der Waals surface area contributed by atoms with E-state index in [0.717, 1.165) is 23.1 Å². The number of nitrogens with zero attached hydrogens (tertiary/aromatic N) is 3. The lowest BCUT2D eigenvalue weighted by Crippen LogP contribution is -2.29. The lowest BCUT2D eigenvalue weighted by Gasteiger charge is -2.24. The molecule has 0 saturated heterocycles. The van der Waals surface area contributed by atoms with E-state index in [0.29, 0.717) is 12.0 Å². The summed E-state index contributed by atoms with van der Waals surface area (Å²) in [4.78, 5) is 12.3. The lowest BCUT2D eigenvalue weighted by molar-refractivity contribution is 0.712. The SMILES string of the molecule is Nc1nc(N(CC2CC2)C2CC2)c2ccsc2n1. The summed E-state index contributed by atoms with van der Waals surface area (Å²) in [5, 5.41) is 3.24. The maximum absolute atomic E-state index is 5.85. The zero-order chi connectivity index (χ0) is 12.1. The quantitative estimate of drug-likeness (QED) is 0.918. The van der Waals surface area contributed by atoms with Crippen LogP contribution in [0.4, 0.5) is 11.8 Å². The number of rotatable bonds is 4. The van der Waals surface area contributed by atoms with E-state index < -0.39 is 0 Å². The van der Waals surface area contributed by atoms with Crippen LogP contribution in [0.1, 0.15) is 25.7 Å². The van der Waals surface area contributed by atoms with Gasteiger partial charge < -0.3 is 10.6 Å². The van der Waals surface area contributed by atoms with Crippen LogP contribution in [0.5, 0.6) is 0 Å². The lowest BCUT2D eigenvalue weighted by atomic mass is 10.3. The van der Waals surface area contributed by atoms with Crippen molar-refractivity contribution in [1.82, 2.24) is 9.97 Å². The third-order valence-corrected chi connectivity index (χ3v) is 4.54. The summed E-state index contributed by atoms with van der Waals surface area (Å²) < 4.78 is 0. The van der Waals surface area contributed by atoms with Crippen LogP contribution in [0.25, 0.3) is 10.2 Å². The molecule has 2 aromatic heterocycles. The molecule has 2 fully saturated rings. The summed E-state index contributed by atoms with van der Waals surface area (Å²) in [6.45, 7) is 1.14. The van der Waals surface area contributed by atoms with E-state index in [-0.39, 0.29) is 0 Å². The molecule has 2 saturated carbocycles. The predicted octanol–water partition coefficient (Wildman–Crippen LogP) is 2.65. The Morgan fingerprint density at radius 3 is 2.83 bits per heavy atom. The summed E-state index contributed by atoms with van der Waals surface area (Å²) in [5.41, 5.74) is 5.85. The molecule has 2 heterocycles. The Kier molecular flexibility index (Phi) is 2.24. The zero-order valence-corrected chi connectivity index (χ0v) is 11.0. The minimum atomic E-state index is 0.404. The molecule has 4 nitrogen and oxygen atoms in total. The standard InChI is InChI=1S/C13H16N4S/c14-13-15-11(10-5-6-18-12(10)16-13)17(9-3-4-9)7-8-1-2-8/h5-6,8-9H,1-4,7H2,(H2,14,15,16). The third kappa shape index (κ3) is 1.82. The van der Waals surface area contributed by atoms with Crippen molar-refractivity contribution in [3.63, 3.8) is 0 Å². The highest BCUT2D eigenvalue weighted by molar-refractivity contribution is 7.16. The van der Waals surface area contributed by atoms with Crippen molar-refractivity contribution in [3.8, 4) is 0 Å². The molecule has 94 valence electrons. The summed E-state index contributed by atoms with van der Waals surface area (Å²) in [7, 11) is 0. The molecule has 0 bridgehead atoms. The van der Waals surface area contributed by atoms with Crippen molar-refractivity contribution in [2.75, 3.05) is 17.2 Å². The molecule has 2 N–H and O–H groups in total. The van der Waals surface area contributed by atoms with Gasteiger partial charge in [0.05, 0.1) is 5.39 Å². The average molecular weight is 260 g/mol. The van der Waals surface area contributed by atoms with Crippen molar-refractivity contribution < 1.29 is 0 Å². The molecule has 0 atom stereocenters. The van der Waals surface area contributed by atoms with Crippen molar-refractivity contribution in [2.45, 2.75) is 31.7 Å². The van der Waals surface area contributed by atoms with Crippen LogP contribution in [0.15, 0.2) is 11.4 Å². The molecule has 0 amide bonds. The Morgan fingerprint density at radius 1 is 1.28 bits per heavy atom. The minimum Gasteiger partial charge on any atom is -0.368 e. The van der Waals surface area contributed by atoms with Crippen LogP contribution in [0, 0.1) is 5.92 Å². The monoisotopic (exact) mass is 260 g/mol. The van der Waals surface area contributed by atoms with E-state index in [1.54, 1.807) is 11.3 Å². The van der Waals surface area contributed by atoms with Gasteiger partial charge in [-0.25, -0.2) is 4.98 Å². The van der Waals surface area contributed by atoms with Crippen LogP contribution in [-0.4, -0.2) is 22.6 Å². The number of hydrogen-bond donors (Lipinski definition) is 1. The third-order valence-electron chi connectivity index (χ3n) is 3.73. The highest BCUT2D eigenvalue weighted by Gasteiger charge is 2.35. The summed E-state index contributed by atoms with van der Waals surface area (Å²) in [5.74, 6) is 2.34. The Balaban J connectivity index is 1.79. The van der Waals surface area contributed by atoms with E-state index in [1.807, 2.05) is 0 Å². The largest absolute Gasteiger partial charge is 0.368 e. The average Bonchev–Trinajstić information content (AvgIpc) is 3.24. The van der Waals surface area contributed by atoms with Gasteiger partial charge in [0.1, 0.15) is 10.6 Å². The number of nitrogens with two attached hydrogens (primary N) is 1. The first-order valence-corrected chi connectivity index (χ1v) is 7.46. The molecule has 18 heavy (non-hydrogen) atoms. The Hall–Kier alpha value is -1.36. The summed E-state index contributed by atoms with van der Waals surface area (Å²) >= 11 is 1.64. The van der Waals surface area contributed by atoms with E-state index in [9.17, 15) is 0 Å². The van der Waals surface area contributed by atoms with Gasteiger partial charge in [-0.05, 0) is 43.0 Å². The first-order valence-electron chi connectivity index (χ1n) is 6.58. The highest BCUT2D eigenvalue weighted by Crippen LogP contribution is 2.39. The summed E-state index contributed by atoms with van der Waals surface area (Å²) in [6.07, 6.45) is 5.33. The number of anilines is 2. The predicted molar refractivity (Wildman–Crippen MR) is 74.9 cm³/mol. The topological polar surface area (TPSA) is 55.0 Å². The Morgan fingerprint density at radius 2 is 2.11 bits per heavy atom.